The van der Waals surface area contributed by atoms with E-state index in [0.29, 0.717) is 17.9 Å². The average molecular weight is 238 g/mol. The molecule has 17 heavy (non-hydrogen) atoms. The van der Waals surface area contributed by atoms with E-state index in [1.54, 1.807) is 0 Å². The number of rotatable bonds is 3. The maximum atomic E-state index is 12.2. The highest BCUT2D eigenvalue weighted by molar-refractivity contribution is 5.76. The van der Waals surface area contributed by atoms with Crippen LogP contribution in [0.1, 0.15) is 45.4 Å². The number of amides is 1. The summed E-state index contributed by atoms with van der Waals surface area (Å²) >= 11 is 0. The van der Waals surface area contributed by atoms with Crippen LogP contribution in [0.25, 0.3) is 0 Å². The summed E-state index contributed by atoms with van der Waals surface area (Å²) in [4.78, 5) is 14.2. The van der Waals surface area contributed by atoms with Gasteiger partial charge in [0.15, 0.2) is 0 Å². The second-order valence-corrected chi connectivity index (χ2v) is 5.98. The van der Waals surface area contributed by atoms with Gasteiger partial charge in [0.05, 0.1) is 0 Å². The molecule has 0 aromatic rings. The van der Waals surface area contributed by atoms with E-state index >= 15 is 0 Å². The van der Waals surface area contributed by atoms with Crippen molar-refractivity contribution in [1.82, 2.24) is 10.2 Å². The van der Waals surface area contributed by atoms with Crippen molar-refractivity contribution in [2.24, 2.45) is 11.8 Å². The van der Waals surface area contributed by atoms with Gasteiger partial charge in [-0.1, -0.05) is 6.92 Å². The zero-order valence-corrected chi connectivity index (χ0v) is 11.2. The lowest BCUT2D eigenvalue weighted by molar-refractivity contribution is -0.133. The van der Waals surface area contributed by atoms with E-state index in [0.717, 1.165) is 25.4 Å². The second kappa shape index (κ2) is 5.85. The van der Waals surface area contributed by atoms with Gasteiger partial charge in [-0.25, -0.2) is 0 Å². The van der Waals surface area contributed by atoms with Gasteiger partial charge in [-0.3, -0.25) is 4.79 Å². The molecule has 0 bridgehead atoms. The van der Waals surface area contributed by atoms with Crippen LogP contribution in [0.4, 0.5) is 0 Å². The van der Waals surface area contributed by atoms with Crippen LogP contribution in [0.3, 0.4) is 0 Å². The first kappa shape index (κ1) is 12.9. The van der Waals surface area contributed by atoms with Crippen molar-refractivity contribution < 1.29 is 4.79 Å². The molecule has 1 N–H and O–H groups in total. The zero-order valence-electron chi connectivity index (χ0n) is 11.2. The monoisotopic (exact) mass is 238 g/mol. The van der Waals surface area contributed by atoms with Gasteiger partial charge >= 0.3 is 0 Å². The fourth-order valence-electron chi connectivity index (χ4n) is 3.11. The van der Waals surface area contributed by atoms with Gasteiger partial charge in [-0.2, -0.15) is 0 Å². The van der Waals surface area contributed by atoms with Crippen molar-refractivity contribution in [2.75, 3.05) is 20.1 Å². The molecule has 0 spiro atoms. The highest BCUT2D eigenvalue weighted by atomic mass is 16.2. The molecule has 2 aliphatic rings. The van der Waals surface area contributed by atoms with E-state index in [1.807, 2.05) is 11.9 Å². The lowest BCUT2D eigenvalue weighted by atomic mass is 9.86. The van der Waals surface area contributed by atoms with E-state index in [2.05, 4.69) is 12.2 Å². The Labute approximate surface area is 105 Å². The summed E-state index contributed by atoms with van der Waals surface area (Å²) < 4.78 is 0. The van der Waals surface area contributed by atoms with Gasteiger partial charge in [0.25, 0.3) is 0 Å². The molecule has 2 rings (SSSR count). The Morgan fingerprint density at radius 2 is 1.94 bits per heavy atom. The van der Waals surface area contributed by atoms with Gasteiger partial charge < -0.3 is 10.2 Å². The van der Waals surface area contributed by atoms with E-state index in [1.165, 1.54) is 32.1 Å². The first-order valence-corrected chi connectivity index (χ1v) is 7.13. The Morgan fingerprint density at radius 1 is 1.24 bits per heavy atom. The molecule has 0 aromatic carbocycles. The van der Waals surface area contributed by atoms with Crippen LogP contribution < -0.4 is 5.32 Å². The predicted octanol–water partition coefficient (Wildman–Crippen LogP) is 2.02. The number of hydrogen-bond acceptors (Lipinski definition) is 2. The molecule has 1 amide bonds. The van der Waals surface area contributed by atoms with Gasteiger partial charge in [0.1, 0.15) is 0 Å². The number of hydrogen-bond donors (Lipinski definition) is 1. The molecule has 98 valence electrons. The number of carbonyl (C=O) groups excluding carboxylic acids is 1. The van der Waals surface area contributed by atoms with Gasteiger partial charge in [0, 0.05) is 19.5 Å². The van der Waals surface area contributed by atoms with Crippen LogP contribution >= 0.6 is 0 Å². The summed E-state index contributed by atoms with van der Waals surface area (Å²) in [6.07, 6.45) is 6.88. The lowest BCUT2D eigenvalue weighted by Crippen LogP contribution is -2.40. The molecule has 1 aliphatic carbocycles. The molecule has 1 heterocycles. The van der Waals surface area contributed by atoms with Crippen molar-refractivity contribution in [3.8, 4) is 0 Å². The van der Waals surface area contributed by atoms with E-state index in [9.17, 15) is 4.79 Å². The zero-order chi connectivity index (χ0) is 12.3. The van der Waals surface area contributed by atoms with E-state index in [-0.39, 0.29) is 0 Å². The molecule has 1 aliphatic heterocycles. The maximum Gasteiger partial charge on any atom is 0.222 e. The smallest absolute Gasteiger partial charge is 0.222 e. The molecule has 1 unspecified atom stereocenters. The summed E-state index contributed by atoms with van der Waals surface area (Å²) in [6, 6.07) is 0.507. The van der Waals surface area contributed by atoms with E-state index < -0.39 is 0 Å². The molecule has 0 radical (unpaired) electrons. The first-order chi connectivity index (χ1) is 8.16. The minimum Gasteiger partial charge on any atom is -0.343 e. The van der Waals surface area contributed by atoms with Gasteiger partial charge in [0.2, 0.25) is 5.91 Å². The number of nitrogens with one attached hydrogen (secondary N) is 1. The molecule has 0 aromatic heterocycles. The number of nitrogens with zero attached hydrogens (tertiary/aromatic N) is 1. The normalized spacial score (nSPS) is 33.6. The fraction of sp³-hybridized carbons (Fsp3) is 0.929. The molecular formula is C14H26N2O. The Balaban J connectivity index is 1.77. The fourth-order valence-corrected chi connectivity index (χ4v) is 3.11. The van der Waals surface area contributed by atoms with Crippen LogP contribution in [-0.4, -0.2) is 37.0 Å². The van der Waals surface area contributed by atoms with E-state index in [4.69, 9.17) is 0 Å². The lowest BCUT2D eigenvalue weighted by Gasteiger charge is -2.34. The number of carbonyl (C=O) groups is 1. The topological polar surface area (TPSA) is 32.3 Å². The summed E-state index contributed by atoms with van der Waals surface area (Å²) in [7, 11) is 2.01. The first-order valence-electron chi connectivity index (χ1n) is 7.13. The molecule has 2 fully saturated rings. The predicted molar refractivity (Wildman–Crippen MR) is 69.8 cm³/mol. The maximum absolute atomic E-state index is 12.2. The second-order valence-electron chi connectivity index (χ2n) is 5.98. The minimum atomic E-state index is 0.359. The summed E-state index contributed by atoms with van der Waals surface area (Å²) in [5.41, 5.74) is 0. The molecule has 1 saturated heterocycles. The van der Waals surface area contributed by atoms with Crippen molar-refractivity contribution in [3.05, 3.63) is 0 Å². The van der Waals surface area contributed by atoms with Gasteiger partial charge in [-0.05, 0) is 57.0 Å². The third-order valence-corrected chi connectivity index (χ3v) is 4.55. The van der Waals surface area contributed by atoms with Crippen molar-refractivity contribution in [1.29, 1.82) is 0 Å². The minimum absolute atomic E-state index is 0.359. The van der Waals surface area contributed by atoms with Crippen LogP contribution in [0.2, 0.25) is 0 Å². The van der Waals surface area contributed by atoms with Crippen LogP contribution in [0.5, 0.6) is 0 Å². The Bertz CT molecular complexity index is 253. The molecular weight excluding hydrogens is 212 g/mol. The summed E-state index contributed by atoms with van der Waals surface area (Å²) in [5, 5.41) is 3.33. The van der Waals surface area contributed by atoms with Crippen molar-refractivity contribution in [3.63, 3.8) is 0 Å². The largest absolute Gasteiger partial charge is 0.343 e. The molecule has 1 atom stereocenters. The quantitative estimate of drug-likeness (QED) is 0.816. The van der Waals surface area contributed by atoms with Gasteiger partial charge in [-0.15, -0.1) is 0 Å². The highest BCUT2D eigenvalue weighted by Gasteiger charge is 2.26. The Kier molecular flexibility index (Phi) is 4.43. The van der Waals surface area contributed by atoms with Crippen molar-refractivity contribution >= 4 is 5.91 Å². The Hall–Kier alpha value is -0.570. The van der Waals surface area contributed by atoms with Crippen LogP contribution in [0.15, 0.2) is 0 Å². The third-order valence-electron chi connectivity index (χ3n) is 4.55. The average Bonchev–Trinajstić information content (AvgIpc) is 2.82. The molecule has 3 heteroatoms. The third kappa shape index (κ3) is 3.44. The van der Waals surface area contributed by atoms with Crippen molar-refractivity contribution in [2.45, 2.75) is 51.5 Å². The highest BCUT2D eigenvalue weighted by Crippen LogP contribution is 2.27. The molecule has 1 saturated carbocycles. The summed E-state index contributed by atoms with van der Waals surface area (Å²) in [5.74, 6) is 1.79. The standard InChI is InChI=1S/C14H26N2O/c1-11-3-5-13(6-4-11)16(2)14(17)9-12-7-8-15-10-12/h11-13,15H,3-10H2,1-2H3. The van der Waals surface area contributed by atoms with Crippen LogP contribution in [-0.2, 0) is 4.79 Å². The molecule has 3 nitrogen and oxygen atoms in total. The SMILES string of the molecule is CC1CCC(N(C)C(=O)CC2CCNC2)CC1. The summed E-state index contributed by atoms with van der Waals surface area (Å²) in [6.45, 7) is 4.44. The Morgan fingerprint density at radius 3 is 2.53 bits per heavy atom. The van der Waals surface area contributed by atoms with Crippen LogP contribution in [0, 0.1) is 11.8 Å².